The van der Waals surface area contributed by atoms with Crippen LogP contribution in [-0.2, 0) is 37.3 Å². The number of nitrogens with one attached hydrogen (secondary N) is 1. The van der Waals surface area contributed by atoms with E-state index in [1.807, 2.05) is 18.2 Å². The molecule has 1 saturated heterocycles. The molecule has 3 rings (SSSR count). The smallest absolute Gasteiger partial charge is 0.325 e. The predicted molar refractivity (Wildman–Crippen MR) is 95.0 cm³/mol. The summed E-state index contributed by atoms with van der Waals surface area (Å²) in [6.07, 6.45) is -0.00249. The number of carbonyl (C=O) groups is 3. The molecule has 2 atom stereocenters. The minimum Gasteiger partial charge on any atom is -0.451 e. The van der Waals surface area contributed by atoms with E-state index in [1.54, 1.807) is 6.07 Å². The summed E-state index contributed by atoms with van der Waals surface area (Å²) in [5, 5.41) is 2.50. The summed E-state index contributed by atoms with van der Waals surface area (Å²) in [6.45, 7) is 1.97. The molecule has 0 unspecified atom stereocenters. The molecule has 1 aromatic rings. The van der Waals surface area contributed by atoms with Crippen LogP contribution in [0.25, 0.3) is 0 Å². The Balaban J connectivity index is 1.77. The molecule has 1 aromatic carbocycles. The number of hydrogen-bond acceptors (Lipinski definition) is 6. The molecule has 146 valence electrons. The maximum Gasteiger partial charge on any atom is 0.325 e. The van der Waals surface area contributed by atoms with Crippen molar-refractivity contribution in [1.82, 2.24) is 14.5 Å². The minimum absolute atomic E-state index is 0.0611. The fourth-order valence-corrected chi connectivity index (χ4v) is 4.25. The van der Waals surface area contributed by atoms with Crippen molar-refractivity contribution in [2.45, 2.75) is 32.0 Å². The van der Waals surface area contributed by atoms with Crippen LogP contribution in [-0.4, -0.2) is 67.0 Å². The summed E-state index contributed by atoms with van der Waals surface area (Å²) in [6, 6.07) is 5.67. The third-order valence-corrected chi connectivity index (χ3v) is 5.90. The van der Waals surface area contributed by atoms with Crippen LogP contribution in [0.4, 0.5) is 4.79 Å². The number of hydrogen-bond donors (Lipinski definition) is 1. The molecule has 10 heteroatoms. The number of rotatable bonds is 4. The highest BCUT2D eigenvalue weighted by molar-refractivity contribution is 7.88. The van der Waals surface area contributed by atoms with Gasteiger partial charge in [0.2, 0.25) is 10.0 Å². The largest absolute Gasteiger partial charge is 0.451 e. The average Bonchev–Trinajstić information content (AvgIpc) is 3.05. The number of sulfonamides is 1. The zero-order valence-corrected chi connectivity index (χ0v) is 15.9. The summed E-state index contributed by atoms with van der Waals surface area (Å²) >= 11 is 0. The number of fused-ring (bicyclic) bond motifs is 1. The number of esters is 1. The molecule has 27 heavy (non-hydrogen) atoms. The summed E-state index contributed by atoms with van der Waals surface area (Å²) in [5.41, 5.74) is 1.68. The predicted octanol–water partition coefficient (Wildman–Crippen LogP) is -0.144. The Kier molecular flexibility index (Phi) is 5.20. The lowest BCUT2D eigenvalue weighted by molar-refractivity contribution is -0.161. The van der Waals surface area contributed by atoms with Crippen LogP contribution in [0, 0.1) is 0 Å². The van der Waals surface area contributed by atoms with E-state index in [9.17, 15) is 22.8 Å². The number of ether oxygens (including phenoxy) is 1. The highest BCUT2D eigenvalue weighted by atomic mass is 32.2. The topological polar surface area (TPSA) is 113 Å². The molecule has 2 aliphatic rings. The van der Waals surface area contributed by atoms with Crippen LogP contribution in [0.5, 0.6) is 0 Å². The molecule has 0 saturated carbocycles. The first-order chi connectivity index (χ1) is 12.7. The molecule has 1 N–H and O–H groups in total. The van der Waals surface area contributed by atoms with Crippen molar-refractivity contribution in [2.24, 2.45) is 0 Å². The lowest BCUT2D eigenvalue weighted by atomic mass is 9.96. The van der Waals surface area contributed by atoms with E-state index >= 15 is 0 Å². The van der Waals surface area contributed by atoms with Gasteiger partial charge in [0, 0.05) is 26.1 Å². The van der Waals surface area contributed by atoms with Gasteiger partial charge in [-0.05, 0) is 18.1 Å². The lowest BCUT2D eigenvalue weighted by Crippen LogP contribution is -2.50. The third kappa shape index (κ3) is 3.96. The average molecular weight is 395 g/mol. The zero-order chi connectivity index (χ0) is 19.8. The van der Waals surface area contributed by atoms with E-state index in [0.29, 0.717) is 6.54 Å². The maximum atomic E-state index is 12.7. The van der Waals surface area contributed by atoms with Gasteiger partial charge in [0.25, 0.3) is 5.91 Å². The van der Waals surface area contributed by atoms with Gasteiger partial charge in [0.05, 0.1) is 6.26 Å². The van der Waals surface area contributed by atoms with Crippen LogP contribution in [0.3, 0.4) is 0 Å². The van der Waals surface area contributed by atoms with Crippen molar-refractivity contribution < 1.29 is 27.5 Å². The molecule has 9 nitrogen and oxygen atoms in total. The molecule has 0 aromatic heterocycles. The van der Waals surface area contributed by atoms with Crippen LogP contribution >= 0.6 is 0 Å². The number of nitrogens with zero attached hydrogens (tertiary/aromatic N) is 2. The van der Waals surface area contributed by atoms with Crippen molar-refractivity contribution in [3.05, 3.63) is 35.4 Å². The molecule has 2 aliphatic heterocycles. The standard InChI is InChI=1S/C17H21N3O6S/c1-11(15(21)19-8-7-18-17(19)23)26-16(22)14-9-12-5-3-4-6-13(12)10-20(14)27(2,24)25/h3-6,11,14H,7-10H2,1-2H3,(H,18,23)/t11-,14-/m0/s1. The minimum atomic E-state index is -3.67. The maximum absolute atomic E-state index is 12.7. The molecule has 0 bridgehead atoms. The SMILES string of the molecule is C[C@H](OC(=O)[C@@H]1Cc2ccccc2CN1S(C)(=O)=O)C(=O)N1CCNC1=O. The van der Waals surface area contributed by atoms with Gasteiger partial charge >= 0.3 is 12.0 Å². The Morgan fingerprint density at radius 3 is 2.52 bits per heavy atom. The Bertz CT molecular complexity index is 884. The van der Waals surface area contributed by atoms with Crippen LogP contribution in [0.2, 0.25) is 0 Å². The molecule has 0 aliphatic carbocycles. The second kappa shape index (κ2) is 7.28. The van der Waals surface area contributed by atoms with E-state index in [2.05, 4.69) is 5.32 Å². The van der Waals surface area contributed by atoms with E-state index < -0.39 is 40.1 Å². The van der Waals surface area contributed by atoms with Crippen LogP contribution in [0.15, 0.2) is 24.3 Å². The first-order valence-electron chi connectivity index (χ1n) is 8.52. The molecular formula is C17H21N3O6S. The summed E-state index contributed by atoms with van der Waals surface area (Å²) in [4.78, 5) is 37.6. The number of carbonyl (C=O) groups excluding carboxylic acids is 3. The van der Waals surface area contributed by atoms with Crippen LogP contribution in [0.1, 0.15) is 18.1 Å². The summed E-state index contributed by atoms with van der Waals surface area (Å²) in [7, 11) is -3.67. The van der Waals surface area contributed by atoms with Gasteiger partial charge in [0.1, 0.15) is 6.04 Å². The van der Waals surface area contributed by atoms with Crippen molar-refractivity contribution in [1.29, 1.82) is 0 Å². The number of benzene rings is 1. The van der Waals surface area contributed by atoms with Crippen molar-refractivity contribution in [3.8, 4) is 0 Å². The second-order valence-electron chi connectivity index (χ2n) is 6.60. The van der Waals surface area contributed by atoms with Gasteiger partial charge in [-0.15, -0.1) is 0 Å². The van der Waals surface area contributed by atoms with Gasteiger partial charge in [-0.1, -0.05) is 24.3 Å². The normalized spacial score (nSPS) is 21.3. The molecule has 1 fully saturated rings. The fourth-order valence-electron chi connectivity index (χ4n) is 3.25. The molecule has 0 spiro atoms. The molecule has 2 heterocycles. The van der Waals surface area contributed by atoms with Crippen molar-refractivity contribution in [2.75, 3.05) is 19.3 Å². The molecule has 3 amide bonds. The Labute approximate surface area is 157 Å². The van der Waals surface area contributed by atoms with E-state index in [-0.39, 0.29) is 19.5 Å². The first-order valence-corrected chi connectivity index (χ1v) is 10.4. The van der Waals surface area contributed by atoms with E-state index in [0.717, 1.165) is 26.6 Å². The Hall–Kier alpha value is -2.46. The van der Waals surface area contributed by atoms with Crippen molar-refractivity contribution >= 4 is 27.9 Å². The molecular weight excluding hydrogens is 374 g/mol. The van der Waals surface area contributed by atoms with Crippen LogP contribution < -0.4 is 5.32 Å². The quantitative estimate of drug-likeness (QED) is 0.710. The zero-order valence-electron chi connectivity index (χ0n) is 15.0. The highest BCUT2D eigenvalue weighted by Crippen LogP contribution is 2.26. The third-order valence-electron chi connectivity index (χ3n) is 4.67. The van der Waals surface area contributed by atoms with Gasteiger partial charge < -0.3 is 10.1 Å². The summed E-state index contributed by atoms with van der Waals surface area (Å²) in [5.74, 6) is -1.45. The number of imide groups is 1. The van der Waals surface area contributed by atoms with E-state index in [4.69, 9.17) is 4.74 Å². The van der Waals surface area contributed by atoms with Gasteiger partial charge in [-0.25, -0.2) is 13.2 Å². The highest BCUT2D eigenvalue weighted by Gasteiger charge is 2.40. The monoisotopic (exact) mass is 395 g/mol. The van der Waals surface area contributed by atoms with Crippen molar-refractivity contribution in [3.63, 3.8) is 0 Å². The van der Waals surface area contributed by atoms with Gasteiger partial charge in [-0.3, -0.25) is 14.5 Å². The number of amides is 3. The van der Waals surface area contributed by atoms with Gasteiger partial charge in [0.15, 0.2) is 6.10 Å². The Morgan fingerprint density at radius 2 is 1.93 bits per heavy atom. The summed E-state index contributed by atoms with van der Waals surface area (Å²) < 4.78 is 30.7. The van der Waals surface area contributed by atoms with E-state index in [1.165, 1.54) is 6.92 Å². The number of urea groups is 1. The second-order valence-corrected chi connectivity index (χ2v) is 8.53. The Morgan fingerprint density at radius 1 is 1.26 bits per heavy atom. The fraction of sp³-hybridized carbons (Fsp3) is 0.471. The van der Waals surface area contributed by atoms with Gasteiger partial charge in [-0.2, -0.15) is 4.31 Å². The molecule has 0 radical (unpaired) electrons. The first kappa shape index (κ1) is 19.3. The lowest BCUT2D eigenvalue weighted by Gasteiger charge is -2.34.